The second kappa shape index (κ2) is 5.40. The number of hydrogen-bond donors (Lipinski definition) is 0. The maximum absolute atomic E-state index is 12.2. The second-order valence-corrected chi connectivity index (χ2v) is 4.70. The van der Waals surface area contributed by atoms with Crippen LogP contribution in [0.3, 0.4) is 0 Å². The van der Waals surface area contributed by atoms with E-state index in [0.717, 1.165) is 16.0 Å². The molecule has 0 bridgehead atoms. The first-order valence-corrected chi connectivity index (χ1v) is 6.43. The third-order valence-corrected chi connectivity index (χ3v) is 3.15. The Morgan fingerprint density at radius 1 is 1.39 bits per heavy atom. The van der Waals surface area contributed by atoms with Gasteiger partial charge in [0.25, 0.3) is 0 Å². The van der Waals surface area contributed by atoms with Crippen LogP contribution in [0.2, 0.25) is 0 Å². The first kappa shape index (κ1) is 12.9. The summed E-state index contributed by atoms with van der Waals surface area (Å²) in [5.41, 5.74) is 1.15. The minimum atomic E-state index is -0.0678. The van der Waals surface area contributed by atoms with Crippen LogP contribution in [0.15, 0.2) is 39.4 Å². The van der Waals surface area contributed by atoms with E-state index in [1.807, 2.05) is 13.8 Å². The molecule has 1 aromatic heterocycles. The molecule has 0 saturated heterocycles. The topological polar surface area (TPSA) is 39.4 Å². The Kier molecular flexibility index (Phi) is 3.87. The van der Waals surface area contributed by atoms with Crippen LogP contribution in [0.25, 0.3) is 0 Å². The van der Waals surface area contributed by atoms with Crippen molar-refractivity contribution in [3.8, 4) is 5.75 Å². The van der Waals surface area contributed by atoms with Gasteiger partial charge in [-0.25, -0.2) is 0 Å². The van der Waals surface area contributed by atoms with Crippen LogP contribution in [0.4, 0.5) is 0 Å². The zero-order chi connectivity index (χ0) is 13.1. The zero-order valence-corrected chi connectivity index (χ0v) is 11.8. The van der Waals surface area contributed by atoms with Crippen molar-refractivity contribution in [1.29, 1.82) is 0 Å². The first-order chi connectivity index (χ1) is 8.61. The van der Waals surface area contributed by atoms with Crippen LogP contribution in [-0.4, -0.2) is 12.4 Å². The highest BCUT2D eigenvalue weighted by Crippen LogP contribution is 2.25. The van der Waals surface area contributed by atoms with E-state index in [1.54, 1.807) is 24.3 Å². The van der Waals surface area contributed by atoms with Crippen LogP contribution in [0, 0.1) is 6.92 Å². The lowest BCUT2D eigenvalue weighted by Gasteiger charge is -2.06. The molecular weight excluding hydrogens is 296 g/mol. The molecule has 2 aromatic rings. The molecule has 1 aromatic carbocycles. The van der Waals surface area contributed by atoms with Crippen LogP contribution in [0.5, 0.6) is 5.75 Å². The zero-order valence-electron chi connectivity index (χ0n) is 10.2. The van der Waals surface area contributed by atoms with E-state index in [4.69, 9.17) is 9.15 Å². The number of hydrogen-bond acceptors (Lipinski definition) is 3. The first-order valence-electron chi connectivity index (χ1n) is 5.64. The molecule has 0 N–H and O–H groups in total. The largest absolute Gasteiger partial charge is 0.494 e. The molecule has 0 aliphatic carbocycles. The Morgan fingerprint density at radius 3 is 2.72 bits per heavy atom. The van der Waals surface area contributed by atoms with E-state index in [9.17, 15) is 4.79 Å². The predicted molar refractivity (Wildman–Crippen MR) is 72.2 cm³/mol. The van der Waals surface area contributed by atoms with Crippen molar-refractivity contribution in [1.82, 2.24) is 0 Å². The third-order valence-electron chi connectivity index (χ3n) is 2.49. The van der Waals surface area contributed by atoms with Gasteiger partial charge in [-0.3, -0.25) is 4.79 Å². The van der Waals surface area contributed by atoms with E-state index in [-0.39, 0.29) is 5.78 Å². The van der Waals surface area contributed by atoms with Gasteiger partial charge in [-0.15, -0.1) is 0 Å². The maximum atomic E-state index is 12.2. The van der Waals surface area contributed by atoms with Crippen molar-refractivity contribution < 1.29 is 13.9 Å². The van der Waals surface area contributed by atoms with Crippen LogP contribution >= 0.6 is 15.9 Å². The van der Waals surface area contributed by atoms with Gasteiger partial charge in [0.2, 0.25) is 0 Å². The van der Waals surface area contributed by atoms with Gasteiger partial charge in [0.05, 0.1) is 12.2 Å². The monoisotopic (exact) mass is 308 g/mol. The van der Waals surface area contributed by atoms with Gasteiger partial charge in [-0.2, -0.15) is 0 Å². The lowest BCUT2D eigenvalue weighted by molar-refractivity contribution is 0.103. The highest BCUT2D eigenvalue weighted by molar-refractivity contribution is 9.10. The standard InChI is InChI=1S/C14H13BrO3/c1-3-17-11-4-5-12(13(15)7-11)14(16)10-6-9(2)18-8-10/h4-8H,3H2,1-2H3. The summed E-state index contributed by atoms with van der Waals surface area (Å²) >= 11 is 3.39. The van der Waals surface area contributed by atoms with Crippen molar-refractivity contribution >= 4 is 21.7 Å². The Bertz CT molecular complexity index is 572. The van der Waals surface area contributed by atoms with Crippen LogP contribution < -0.4 is 4.74 Å². The Labute approximate surface area is 114 Å². The van der Waals surface area contributed by atoms with E-state index in [1.165, 1.54) is 6.26 Å². The van der Waals surface area contributed by atoms with E-state index >= 15 is 0 Å². The SMILES string of the molecule is CCOc1ccc(C(=O)c2coc(C)c2)c(Br)c1. The van der Waals surface area contributed by atoms with Crippen molar-refractivity contribution in [3.05, 3.63) is 51.9 Å². The van der Waals surface area contributed by atoms with Gasteiger partial charge in [-0.1, -0.05) is 0 Å². The molecule has 0 aliphatic heterocycles. The molecular formula is C14H13BrO3. The summed E-state index contributed by atoms with van der Waals surface area (Å²) in [6, 6.07) is 7.06. The lowest BCUT2D eigenvalue weighted by atomic mass is 10.1. The number of carbonyl (C=O) groups excluding carboxylic acids is 1. The van der Waals surface area contributed by atoms with Gasteiger partial charge < -0.3 is 9.15 Å². The number of aryl methyl sites for hydroxylation is 1. The summed E-state index contributed by atoms with van der Waals surface area (Å²) in [5, 5.41) is 0. The van der Waals surface area contributed by atoms with Crippen molar-refractivity contribution in [2.24, 2.45) is 0 Å². The van der Waals surface area contributed by atoms with Gasteiger partial charge in [0, 0.05) is 10.0 Å². The minimum Gasteiger partial charge on any atom is -0.494 e. The van der Waals surface area contributed by atoms with Gasteiger partial charge in [-0.05, 0) is 54.0 Å². The van der Waals surface area contributed by atoms with Gasteiger partial charge >= 0.3 is 0 Å². The number of ketones is 1. The molecule has 0 aliphatic rings. The number of ether oxygens (including phenoxy) is 1. The number of halogens is 1. The molecule has 0 fully saturated rings. The van der Waals surface area contributed by atoms with E-state index < -0.39 is 0 Å². The fourth-order valence-electron chi connectivity index (χ4n) is 1.65. The second-order valence-electron chi connectivity index (χ2n) is 3.85. The van der Waals surface area contributed by atoms with Crippen LogP contribution in [0.1, 0.15) is 28.6 Å². The van der Waals surface area contributed by atoms with E-state index in [0.29, 0.717) is 17.7 Å². The highest BCUT2D eigenvalue weighted by atomic mass is 79.9. The minimum absolute atomic E-state index is 0.0678. The fourth-order valence-corrected chi connectivity index (χ4v) is 2.19. The highest BCUT2D eigenvalue weighted by Gasteiger charge is 2.15. The Morgan fingerprint density at radius 2 is 2.17 bits per heavy atom. The summed E-state index contributed by atoms with van der Waals surface area (Å²) in [7, 11) is 0. The van der Waals surface area contributed by atoms with E-state index in [2.05, 4.69) is 15.9 Å². The Balaban J connectivity index is 2.31. The van der Waals surface area contributed by atoms with Crippen molar-refractivity contribution in [2.75, 3.05) is 6.61 Å². The summed E-state index contributed by atoms with van der Waals surface area (Å²) in [6.07, 6.45) is 1.47. The predicted octanol–water partition coefficient (Wildman–Crippen LogP) is 3.98. The molecule has 0 amide bonds. The number of rotatable bonds is 4. The molecule has 94 valence electrons. The molecule has 1 heterocycles. The summed E-state index contributed by atoms with van der Waals surface area (Å²) < 4.78 is 11.2. The average molecular weight is 309 g/mol. The molecule has 0 unspecified atom stereocenters. The molecule has 18 heavy (non-hydrogen) atoms. The molecule has 4 heteroatoms. The van der Waals surface area contributed by atoms with Crippen molar-refractivity contribution in [3.63, 3.8) is 0 Å². The summed E-state index contributed by atoms with van der Waals surface area (Å²) in [6.45, 7) is 4.33. The average Bonchev–Trinajstić information content (AvgIpc) is 2.76. The fraction of sp³-hybridized carbons (Fsp3) is 0.214. The summed E-state index contributed by atoms with van der Waals surface area (Å²) in [5.74, 6) is 1.39. The number of carbonyl (C=O) groups is 1. The third kappa shape index (κ3) is 2.64. The molecule has 0 atom stereocenters. The Hall–Kier alpha value is -1.55. The molecule has 2 rings (SSSR count). The van der Waals surface area contributed by atoms with Gasteiger partial charge in [0.1, 0.15) is 17.8 Å². The van der Waals surface area contributed by atoms with Gasteiger partial charge in [0.15, 0.2) is 5.78 Å². The maximum Gasteiger partial charge on any atom is 0.197 e. The normalized spacial score (nSPS) is 10.4. The van der Waals surface area contributed by atoms with Crippen LogP contribution in [-0.2, 0) is 0 Å². The molecule has 0 spiro atoms. The quantitative estimate of drug-likeness (QED) is 0.802. The number of benzene rings is 1. The van der Waals surface area contributed by atoms with Crippen molar-refractivity contribution in [2.45, 2.75) is 13.8 Å². The molecule has 0 saturated carbocycles. The lowest BCUT2D eigenvalue weighted by Crippen LogP contribution is -2.01. The smallest absolute Gasteiger partial charge is 0.197 e. The molecule has 3 nitrogen and oxygen atoms in total. The number of furan rings is 1. The molecule has 0 radical (unpaired) electrons. The summed E-state index contributed by atoms with van der Waals surface area (Å²) in [4.78, 5) is 12.2.